The Morgan fingerprint density at radius 1 is 1.30 bits per heavy atom. The number of nitrogens with zero attached hydrogens (tertiary/aromatic N) is 3. The summed E-state index contributed by atoms with van der Waals surface area (Å²) >= 11 is 0. The van der Waals surface area contributed by atoms with Crippen LogP contribution in [0.2, 0.25) is 6.32 Å². The monoisotopic (exact) mass is 373 g/mol. The van der Waals surface area contributed by atoms with Gasteiger partial charge in [-0.2, -0.15) is 0 Å². The quantitative estimate of drug-likeness (QED) is 0.477. The van der Waals surface area contributed by atoms with Crippen LogP contribution in [0.3, 0.4) is 0 Å². The van der Waals surface area contributed by atoms with E-state index in [1.165, 1.54) is 12.1 Å². The van der Waals surface area contributed by atoms with E-state index in [9.17, 15) is 15.0 Å². The topological polar surface area (TPSA) is 136 Å². The van der Waals surface area contributed by atoms with E-state index in [0.29, 0.717) is 25.2 Å². The Morgan fingerprint density at radius 3 is 2.70 bits per heavy atom. The molecule has 4 N–H and O–H groups in total. The highest BCUT2D eigenvalue weighted by Crippen LogP contribution is 2.34. The van der Waals surface area contributed by atoms with Crippen LogP contribution >= 0.6 is 0 Å². The number of phenols is 1. The van der Waals surface area contributed by atoms with Crippen molar-refractivity contribution in [2.24, 2.45) is 0 Å². The molecule has 9 nitrogen and oxygen atoms in total. The summed E-state index contributed by atoms with van der Waals surface area (Å²) in [5.74, 6) is -1.61. The summed E-state index contributed by atoms with van der Waals surface area (Å²) < 4.78 is 5.75. The fourth-order valence-corrected chi connectivity index (χ4v) is 2.95. The molecule has 10 heteroatoms. The Balaban J connectivity index is 1.63. The molecule has 0 radical (unpaired) electrons. The van der Waals surface area contributed by atoms with Crippen molar-refractivity contribution in [3.8, 4) is 11.5 Å². The predicted molar refractivity (Wildman–Crippen MR) is 95.5 cm³/mol. The highest BCUT2D eigenvalue weighted by atomic mass is 16.5. The number of aryl methyl sites for hydroxylation is 1. The van der Waals surface area contributed by atoms with Gasteiger partial charge in [-0.25, -0.2) is 4.79 Å². The van der Waals surface area contributed by atoms with Crippen LogP contribution in [0.15, 0.2) is 30.7 Å². The lowest BCUT2D eigenvalue weighted by Crippen LogP contribution is -2.53. The van der Waals surface area contributed by atoms with Crippen molar-refractivity contribution in [2.75, 3.05) is 13.1 Å². The van der Waals surface area contributed by atoms with Crippen molar-refractivity contribution >= 4 is 13.1 Å². The van der Waals surface area contributed by atoms with Gasteiger partial charge in [0.1, 0.15) is 23.2 Å². The first-order valence-electron chi connectivity index (χ1n) is 8.52. The Morgan fingerprint density at radius 2 is 2.07 bits per heavy atom. The average molecular weight is 373 g/mol. The highest BCUT2D eigenvalue weighted by Gasteiger charge is 2.31. The number of rotatable bonds is 8. The second-order valence-electron chi connectivity index (χ2n) is 6.40. The summed E-state index contributed by atoms with van der Waals surface area (Å²) in [6.07, 6.45) is 4.87. The molecule has 1 aliphatic heterocycles. The summed E-state index contributed by atoms with van der Waals surface area (Å²) in [5.41, 5.74) is 0.855. The molecule has 1 fully saturated rings. The van der Waals surface area contributed by atoms with Crippen molar-refractivity contribution < 1.29 is 29.8 Å². The Bertz CT molecular complexity index is 799. The summed E-state index contributed by atoms with van der Waals surface area (Å²) in [6, 6.07) is 3.03. The molecular weight excluding hydrogens is 353 g/mol. The van der Waals surface area contributed by atoms with Crippen LogP contribution < -0.4 is 4.74 Å². The number of benzene rings is 1. The fourth-order valence-electron chi connectivity index (χ4n) is 2.95. The van der Waals surface area contributed by atoms with Crippen LogP contribution in [0.4, 0.5) is 0 Å². The number of aromatic nitrogens is 2. The minimum absolute atomic E-state index is 0.00716. The lowest BCUT2D eigenvalue weighted by molar-refractivity contribution is 0.0127. The maximum Gasteiger partial charge on any atom is 0.451 e. The number of carboxylic acids is 1. The molecule has 0 bridgehead atoms. The van der Waals surface area contributed by atoms with Crippen molar-refractivity contribution in [1.82, 2.24) is 14.9 Å². The third kappa shape index (κ3) is 4.73. The Labute approximate surface area is 156 Å². The number of carbonyl (C=O) groups is 1. The molecule has 0 aliphatic carbocycles. The predicted octanol–water partition coefficient (Wildman–Crippen LogP) is 0.159. The molecular formula is C17H20BN3O6. The summed E-state index contributed by atoms with van der Waals surface area (Å²) in [7, 11) is -1.52. The lowest BCUT2D eigenvalue weighted by Gasteiger charge is -2.38. The molecule has 1 saturated heterocycles. The van der Waals surface area contributed by atoms with Crippen molar-refractivity contribution in [3.63, 3.8) is 0 Å². The van der Waals surface area contributed by atoms with E-state index in [4.69, 9.17) is 14.8 Å². The van der Waals surface area contributed by atoms with Gasteiger partial charge in [0.05, 0.1) is 5.69 Å². The molecule has 27 heavy (non-hydrogen) atoms. The first kappa shape index (κ1) is 19.1. The lowest BCUT2D eigenvalue weighted by atomic mass is 9.82. The first-order valence-corrected chi connectivity index (χ1v) is 8.52. The molecule has 0 spiro atoms. The molecule has 1 aliphatic rings. The Kier molecular flexibility index (Phi) is 5.89. The van der Waals surface area contributed by atoms with Gasteiger partial charge in [-0.1, -0.05) is 6.07 Å². The summed E-state index contributed by atoms with van der Waals surface area (Å²) in [5, 5.41) is 37.6. The molecule has 3 rings (SSSR count). The van der Waals surface area contributed by atoms with Gasteiger partial charge < -0.3 is 25.0 Å². The number of likely N-dealkylation sites (tertiary alicyclic amines) is 1. The van der Waals surface area contributed by atoms with Gasteiger partial charge in [0.2, 0.25) is 0 Å². The van der Waals surface area contributed by atoms with Crippen LogP contribution in [0.25, 0.3) is 0 Å². The van der Waals surface area contributed by atoms with Gasteiger partial charge in [0.25, 0.3) is 0 Å². The molecule has 142 valence electrons. The van der Waals surface area contributed by atoms with Gasteiger partial charge in [0, 0.05) is 38.2 Å². The highest BCUT2D eigenvalue weighted by molar-refractivity contribution is 6.41. The van der Waals surface area contributed by atoms with Crippen LogP contribution in [0.1, 0.15) is 21.6 Å². The van der Waals surface area contributed by atoms with E-state index in [1.54, 1.807) is 18.6 Å². The molecule has 0 saturated carbocycles. The van der Waals surface area contributed by atoms with Gasteiger partial charge in [-0.15, -0.1) is 0 Å². The molecule has 0 atom stereocenters. The number of aromatic carboxylic acids is 1. The van der Waals surface area contributed by atoms with Crippen LogP contribution in [0.5, 0.6) is 11.5 Å². The van der Waals surface area contributed by atoms with E-state index < -0.39 is 18.8 Å². The number of hydrogen-bond donors (Lipinski definition) is 4. The standard InChI is InChI=1S/C17H20BN3O6/c22-16-11(3-4-18(25)26)1-2-14(15(16)17(23)24)27-13-9-21(10-13)8-12-7-19-5-6-20-12/h1-2,5-7,13,22,25-26H,3-4,8-10H2,(H,23,24). The smallest absolute Gasteiger partial charge is 0.451 e. The van der Waals surface area contributed by atoms with Crippen molar-refractivity contribution in [1.29, 1.82) is 0 Å². The van der Waals surface area contributed by atoms with Crippen LogP contribution in [-0.2, 0) is 13.0 Å². The van der Waals surface area contributed by atoms with Crippen LogP contribution in [-0.4, -0.2) is 67.4 Å². The van der Waals surface area contributed by atoms with Crippen LogP contribution in [0, 0.1) is 0 Å². The van der Waals surface area contributed by atoms with Gasteiger partial charge in [0.15, 0.2) is 0 Å². The molecule has 0 unspecified atom stereocenters. The maximum atomic E-state index is 11.6. The van der Waals surface area contributed by atoms with E-state index in [2.05, 4.69) is 14.9 Å². The number of ether oxygens (including phenoxy) is 1. The number of aromatic hydroxyl groups is 1. The molecule has 0 amide bonds. The third-order valence-corrected chi connectivity index (χ3v) is 4.33. The number of carboxylic acid groups (broad SMARTS) is 1. The molecule has 2 aromatic rings. The summed E-state index contributed by atoms with van der Waals surface area (Å²) in [6.45, 7) is 1.84. The minimum Gasteiger partial charge on any atom is -0.507 e. The van der Waals surface area contributed by atoms with Gasteiger partial charge >= 0.3 is 13.1 Å². The zero-order valence-electron chi connectivity index (χ0n) is 14.5. The van der Waals surface area contributed by atoms with E-state index in [0.717, 1.165) is 5.69 Å². The normalized spacial score (nSPS) is 14.6. The Hall–Kier alpha value is -2.69. The summed E-state index contributed by atoms with van der Waals surface area (Å²) in [4.78, 5) is 21.9. The SMILES string of the molecule is O=C(O)c1c(OC2CN(Cc3cnccn3)C2)ccc(CCB(O)O)c1O. The third-order valence-electron chi connectivity index (χ3n) is 4.33. The maximum absolute atomic E-state index is 11.6. The first-order chi connectivity index (χ1) is 12.9. The molecule has 1 aromatic heterocycles. The number of hydrogen-bond acceptors (Lipinski definition) is 8. The van der Waals surface area contributed by atoms with Gasteiger partial charge in [-0.3, -0.25) is 14.9 Å². The van der Waals surface area contributed by atoms with Gasteiger partial charge in [-0.05, 0) is 24.4 Å². The molecule has 2 heterocycles. The largest absolute Gasteiger partial charge is 0.507 e. The zero-order valence-corrected chi connectivity index (χ0v) is 14.5. The minimum atomic E-state index is -1.52. The van der Waals surface area contributed by atoms with E-state index >= 15 is 0 Å². The average Bonchev–Trinajstić information content (AvgIpc) is 2.59. The fraction of sp³-hybridized carbons (Fsp3) is 0.353. The zero-order chi connectivity index (χ0) is 19.4. The second-order valence-corrected chi connectivity index (χ2v) is 6.40. The van der Waals surface area contributed by atoms with E-state index in [1.807, 2.05) is 0 Å². The van der Waals surface area contributed by atoms with Crippen molar-refractivity contribution in [3.05, 3.63) is 47.5 Å². The van der Waals surface area contributed by atoms with E-state index in [-0.39, 0.29) is 30.2 Å². The molecule has 1 aromatic carbocycles. The second kappa shape index (κ2) is 8.34. The van der Waals surface area contributed by atoms with Crippen molar-refractivity contribution in [2.45, 2.75) is 25.4 Å².